The molecule has 0 aliphatic rings. The van der Waals surface area contributed by atoms with Crippen LogP contribution in [0.25, 0.3) is 0 Å². The van der Waals surface area contributed by atoms with E-state index in [0.717, 1.165) is 0 Å². The smallest absolute Gasteiger partial charge is 0.240 e. The van der Waals surface area contributed by atoms with Gasteiger partial charge in [-0.3, -0.25) is 0 Å². The van der Waals surface area contributed by atoms with Crippen molar-refractivity contribution < 1.29 is 13.2 Å². The van der Waals surface area contributed by atoms with Crippen LogP contribution in [0.4, 0.5) is 5.69 Å². The van der Waals surface area contributed by atoms with E-state index in [2.05, 4.69) is 4.72 Å². The second-order valence-electron chi connectivity index (χ2n) is 3.68. The first-order valence-corrected chi connectivity index (χ1v) is 6.31. The van der Waals surface area contributed by atoms with Gasteiger partial charge in [0, 0.05) is 12.1 Å². The Morgan fingerprint density at radius 3 is 2.50 bits per heavy atom. The summed E-state index contributed by atoms with van der Waals surface area (Å²) in [6.45, 7) is 3.51. The van der Waals surface area contributed by atoms with Gasteiger partial charge in [-0.2, -0.15) is 0 Å². The lowest BCUT2D eigenvalue weighted by Crippen LogP contribution is -2.30. The lowest BCUT2D eigenvalue weighted by atomic mass is 10.3. The fourth-order valence-corrected chi connectivity index (χ4v) is 2.50. The van der Waals surface area contributed by atoms with E-state index < -0.39 is 10.0 Å². The maximum absolute atomic E-state index is 11.8. The molecular formula is C10H16N2O3S. The Morgan fingerprint density at radius 2 is 2.00 bits per heavy atom. The maximum Gasteiger partial charge on any atom is 0.240 e. The predicted molar refractivity (Wildman–Crippen MR) is 62.9 cm³/mol. The van der Waals surface area contributed by atoms with Gasteiger partial charge in [0.25, 0.3) is 0 Å². The number of nitrogens with two attached hydrogens (primary N) is 1. The molecule has 90 valence electrons. The van der Waals surface area contributed by atoms with E-state index in [1.807, 2.05) is 0 Å². The van der Waals surface area contributed by atoms with Crippen molar-refractivity contribution in [3.05, 3.63) is 18.2 Å². The first kappa shape index (κ1) is 12.8. The van der Waals surface area contributed by atoms with Crippen LogP contribution >= 0.6 is 0 Å². The summed E-state index contributed by atoms with van der Waals surface area (Å²) in [6, 6.07) is 4.20. The molecule has 3 N–H and O–H groups in total. The minimum Gasteiger partial charge on any atom is -0.495 e. The van der Waals surface area contributed by atoms with Crippen molar-refractivity contribution in [2.75, 3.05) is 12.8 Å². The number of sulfonamides is 1. The van der Waals surface area contributed by atoms with E-state index in [9.17, 15) is 8.42 Å². The number of hydrogen-bond acceptors (Lipinski definition) is 4. The molecule has 1 rings (SSSR count). The number of anilines is 1. The van der Waals surface area contributed by atoms with Crippen LogP contribution in [0.1, 0.15) is 13.8 Å². The van der Waals surface area contributed by atoms with Crippen LogP contribution < -0.4 is 15.2 Å². The molecule has 0 radical (unpaired) electrons. The lowest BCUT2D eigenvalue weighted by molar-refractivity contribution is 0.415. The molecule has 0 spiro atoms. The fraction of sp³-hybridized carbons (Fsp3) is 0.400. The van der Waals surface area contributed by atoms with Crippen molar-refractivity contribution in [1.29, 1.82) is 0 Å². The molecule has 0 saturated carbocycles. The average Bonchev–Trinajstić information content (AvgIpc) is 2.16. The highest BCUT2D eigenvalue weighted by Gasteiger charge is 2.16. The van der Waals surface area contributed by atoms with E-state index in [1.54, 1.807) is 13.8 Å². The molecule has 0 aromatic heterocycles. The summed E-state index contributed by atoms with van der Waals surface area (Å²) in [7, 11) is -2.05. The third-order valence-electron chi connectivity index (χ3n) is 1.91. The molecule has 0 bridgehead atoms. The summed E-state index contributed by atoms with van der Waals surface area (Å²) >= 11 is 0. The zero-order chi connectivity index (χ0) is 12.3. The summed E-state index contributed by atoms with van der Waals surface area (Å²) in [6.07, 6.45) is 0. The number of methoxy groups -OCH3 is 1. The highest BCUT2D eigenvalue weighted by Crippen LogP contribution is 2.24. The van der Waals surface area contributed by atoms with E-state index in [-0.39, 0.29) is 10.9 Å². The summed E-state index contributed by atoms with van der Waals surface area (Å²) in [5, 5.41) is 0. The maximum atomic E-state index is 11.8. The van der Waals surface area contributed by atoms with E-state index >= 15 is 0 Å². The molecule has 0 aliphatic heterocycles. The van der Waals surface area contributed by atoms with Crippen molar-refractivity contribution in [3.8, 4) is 5.75 Å². The Labute approximate surface area is 95.7 Å². The van der Waals surface area contributed by atoms with Gasteiger partial charge in [-0.15, -0.1) is 0 Å². The monoisotopic (exact) mass is 244 g/mol. The van der Waals surface area contributed by atoms with Crippen LogP contribution in [-0.4, -0.2) is 21.6 Å². The van der Waals surface area contributed by atoms with Gasteiger partial charge in [0.2, 0.25) is 10.0 Å². The second kappa shape index (κ2) is 4.71. The zero-order valence-electron chi connectivity index (χ0n) is 9.52. The standard InChI is InChI=1S/C10H16N2O3S/c1-7(2)12-16(13,14)8-4-5-9(11)10(6-8)15-3/h4-7,12H,11H2,1-3H3. The van der Waals surface area contributed by atoms with Gasteiger partial charge < -0.3 is 10.5 Å². The third kappa shape index (κ3) is 2.86. The van der Waals surface area contributed by atoms with Gasteiger partial charge in [-0.25, -0.2) is 13.1 Å². The third-order valence-corrected chi connectivity index (χ3v) is 3.56. The van der Waals surface area contributed by atoms with E-state index in [1.165, 1.54) is 25.3 Å². The summed E-state index contributed by atoms with van der Waals surface area (Å²) in [5.74, 6) is 0.353. The first-order chi connectivity index (χ1) is 7.36. The Balaban J connectivity index is 3.14. The number of hydrogen-bond donors (Lipinski definition) is 2. The molecule has 0 fully saturated rings. The van der Waals surface area contributed by atoms with Crippen molar-refractivity contribution >= 4 is 15.7 Å². The largest absolute Gasteiger partial charge is 0.495 e. The summed E-state index contributed by atoms with van der Waals surface area (Å²) < 4.78 is 31.1. The summed E-state index contributed by atoms with van der Waals surface area (Å²) in [4.78, 5) is 0.146. The van der Waals surface area contributed by atoms with Crippen LogP contribution in [0.5, 0.6) is 5.75 Å². The van der Waals surface area contributed by atoms with Gasteiger partial charge >= 0.3 is 0 Å². The molecule has 0 unspecified atom stereocenters. The van der Waals surface area contributed by atoms with Crippen molar-refractivity contribution in [2.24, 2.45) is 0 Å². The molecule has 6 heteroatoms. The first-order valence-electron chi connectivity index (χ1n) is 4.82. The minimum atomic E-state index is -3.49. The number of ether oxygens (including phenoxy) is 1. The Bertz CT molecular complexity index is 469. The molecule has 16 heavy (non-hydrogen) atoms. The molecule has 1 aromatic rings. The topological polar surface area (TPSA) is 81.4 Å². The zero-order valence-corrected chi connectivity index (χ0v) is 10.3. The van der Waals surface area contributed by atoms with E-state index in [4.69, 9.17) is 10.5 Å². The highest BCUT2D eigenvalue weighted by molar-refractivity contribution is 7.89. The number of benzene rings is 1. The quantitative estimate of drug-likeness (QED) is 0.773. The van der Waals surface area contributed by atoms with Crippen LogP contribution in [0, 0.1) is 0 Å². The van der Waals surface area contributed by atoms with Crippen LogP contribution in [-0.2, 0) is 10.0 Å². The average molecular weight is 244 g/mol. The Morgan fingerprint density at radius 1 is 1.38 bits per heavy atom. The molecular weight excluding hydrogens is 228 g/mol. The SMILES string of the molecule is COc1cc(S(=O)(=O)NC(C)C)ccc1N. The molecule has 0 heterocycles. The number of nitrogens with one attached hydrogen (secondary N) is 1. The summed E-state index contributed by atoms with van der Waals surface area (Å²) in [5.41, 5.74) is 6.01. The van der Waals surface area contributed by atoms with Gasteiger partial charge in [-0.1, -0.05) is 0 Å². The van der Waals surface area contributed by atoms with Gasteiger partial charge in [-0.05, 0) is 26.0 Å². The van der Waals surface area contributed by atoms with Crippen molar-refractivity contribution in [3.63, 3.8) is 0 Å². The molecule has 1 aromatic carbocycles. The molecule has 0 aliphatic carbocycles. The highest BCUT2D eigenvalue weighted by atomic mass is 32.2. The number of rotatable bonds is 4. The predicted octanol–water partition coefficient (Wildman–Crippen LogP) is 0.964. The molecule has 0 saturated heterocycles. The molecule has 5 nitrogen and oxygen atoms in total. The van der Waals surface area contributed by atoms with Crippen molar-refractivity contribution in [2.45, 2.75) is 24.8 Å². The second-order valence-corrected chi connectivity index (χ2v) is 5.39. The lowest BCUT2D eigenvalue weighted by Gasteiger charge is -2.11. The van der Waals surface area contributed by atoms with Gasteiger partial charge in [0.05, 0.1) is 17.7 Å². The fourth-order valence-electron chi connectivity index (χ4n) is 1.24. The van der Waals surface area contributed by atoms with Crippen LogP contribution in [0.15, 0.2) is 23.1 Å². The minimum absolute atomic E-state index is 0.146. The van der Waals surface area contributed by atoms with Crippen molar-refractivity contribution in [1.82, 2.24) is 4.72 Å². The molecule has 0 atom stereocenters. The Kier molecular flexibility index (Phi) is 3.77. The van der Waals surface area contributed by atoms with Gasteiger partial charge in [0.15, 0.2) is 0 Å². The normalized spacial score (nSPS) is 11.8. The van der Waals surface area contributed by atoms with Crippen LogP contribution in [0.3, 0.4) is 0 Å². The van der Waals surface area contributed by atoms with Crippen LogP contribution in [0.2, 0.25) is 0 Å². The van der Waals surface area contributed by atoms with E-state index in [0.29, 0.717) is 11.4 Å². The van der Waals surface area contributed by atoms with Gasteiger partial charge in [0.1, 0.15) is 5.75 Å². The Hall–Kier alpha value is -1.27. The molecule has 0 amide bonds. The number of nitrogen functional groups attached to an aromatic ring is 1.